The van der Waals surface area contributed by atoms with Crippen molar-refractivity contribution in [1.82, 2.24) is 14.3 Å². The number of hydrogen-bond donors (Lipinski definition) is 0. The summed E-state index contributed by atoms with van der Waals surface area (Å²) in [5, 5.41) is 2.03. The first-order valence-corrected chi connectivity index (χ1v) is 10.3. The first kappa shape index (κ1) is 14.9. The van der Waals surface area contributed by atoms with E-state index in [1.54, 1.807) is 11.3 Å². The van der Waals surface area contributed by atoms with E-state index in [1.807, 2.05) is 22.2 Å². The molecule has 0 saturated heterocycles. The maximum atomic E-state index is 13.0. The van der Waals surface area contributed by atoms with E-state index in [0.717, 1.165) is 40.9 Å². The van der Waals surface area contributed by atoms with E-state index in [9.17, 15) is 4.79 Å². The molecular weight excluding hydrogens is 318 g/mol. The molecule has 4 fully saturated rings. The van der Waals surface area contributed by atoms with E-state index < -0.39 is 0 Å². The molecule has 0 radical (unpaired) electrons. The zero-order valence-electron chi connectivity index (χ0n) is 14.2. The fourth-order valence-electron chi connectivity index (χ4n) is 6.08. The smallest absolute Gasteiger partial charge is 0.228 e. The maximum absolute atomic E-state index is 13.0. The van der Waals surface area contributed by atoms with Gasteiger partial charge in [-0.2, -0.15) is 0 Å². The molecule has 0 N–H and O–H groups in total. The molecule has 2 heterocycles. The first-order valence-electron chi connectivity index (χ1n) is 9.41. The minimum absolute atomic E-state index is 0.278. The lowest BCUT2D eigenvalue weighted by Crippen LogP contribution is -2.57. The zero-order valence-corrected chi connectivity index (χ0v) is 15.0. The molecular formula is C19H25N3OS. The molecule has 0 aliphatic heterocycles. The van der Waals surface area contributed by atoms with E-state index >= 15 is 0 Å². The van der Waals surface area contributed by atoms with Crippen molar-refractivity contribution in [2.75, 3.05) is 6.54 Å². The molecule has 0 spiro atoms. The van der Waals surface area contributed by atoms with Crippen molar-refractivity contribution in [2.45, 2.75) is 51.5 Å². The van der Waals surface area contributed by atoms with Crippen molar-refractivity contribution < 1.29 is 4.79 Å². The van der Waals surface area contributed by atoms with Crippen molar-refractivity contribution >= 4 is 22.2 Å². The van der Waals surface area contributed by atoms with Gasteiger partial charge in [-0.25, -0.2) is 4.98 Å². The number of aromatic nitrogens is 2. The largest absolute Gasteiger partial charge is 0.339 e. The average molecular weight is 343 g/mol. The van der Waals surface area contributed by atoms with Gasteiger partial charge in [-0.05, 0) is 62.7 Å². The van der Waals surface area contributed by atoms with Crippen LogP contribution in [0.3, 0.4) is 0 Å². The molecule has 1 amide bonds. The number of rotatable bonds is 4. The summed E-state index contributed by atoms with van der Waals surface area (Å²) in [6.45, 7) is 2.99. The van der Waals surface area contributed by atoms with Gasteiger partial charge in [0.05, 0.1) is 12.1 Å². The molecule has 4 nitrogen and oxygen atoms in total. The van der Waals surface area contributed by atoms with E-state index in [0.29, 0.717) is 12.5 Å². The summed E-state index contributed by atoms with van der Waals surface area (Å²) < 4.78 is 2.02. The van der Waals surface area contributed by atoms with Gasteiger partial charge >= 0.3 is 0 Å². The summed E-state index contributed by atoms with van der Waals surface area (Å²) in [4.78, 5) is 20.8. The fourth-order valence-corrected chi connectivity index (χ4v) is 6.80. The second-order valence-corrected chi connectivity index (χ2v) is 8.98. The minimum atomic E-state index is 0.278. The third-order valence-electron chi connectivity index (χ3n) is 6.67. The van der Waals surface area contributed by atoms with Crippen molar-refractivity contribution in [3.8, 4) is 0 Å². The molecule has 0 atom stereocenters. The molecule has 0 aromatic carbocycles. The van der Waals surface area contributed by atoms with Gasteiger partial charge in [0.25, 0.3) is 0 Å². The number of nitrogens with zero attached hydrogens (tertiary/aromatic N) is 3. The Morgan fingerprint density at radius 3 is 2.58 bits per heavy atom. The summed E-state index contributed by atoms with van der Waals surface area (Å²) >= 11 is 1.62. The monoisotopic (exact) mass is 343 g/mol. The molecule has 4 aliphatic carbocycles. The number of likely N-dealkylation sites (N-methyl/N-ethyl adjacent to an activating group) is 1. The molecule has 4 saturated carbocycles. The van der Waals surface area contributed by atoms with Crippen molar-refractivity contribution in [3.63, 3.8) is 0 Å². The fraction of sp³-hybridized carbons (Fsp3) is 0.684. The zero-order chi connectivity index (χ0) is 16.3. The highest BCUT2D eigenvalue weighted by atomic mass is 32.1. The van der Waals surface area contributed by atoms with Crippen LogP contribution in [0.5, 0.6) is 0 Å². The van der Waals surface area contributed by atoms with Crippen LogP contribution in [-0.2, 0) is 11.2 Å². The molecule has 5 heteroatoms. The van der Waals surface area contributed by atoms with Crippen LogP contribution in [0, 0.1) is 23.7 Å². The van der Waals surface area contributed by atoms with E-state index in [1.165, 1.54) is 32.1 Å². The van der Waals surface area contributed by atoms with Gasteiger partial charge in [-0.15, -0.1) is 11.3 Å². The van der Waals surface area contributed by atoms with Crippen LogP contribution < -0.4 is 0 Å². The van der Waals surface area contributed by atoms with Crippen LogP contribution in [-0.4, -0.2) is 32.8 Å². The Hall–Kier alpha value is -1.36. The second kappa shape index (κ2) is 5.58. The Morgan fingerprint density at radius 1 is 1.25 bits per heavy atom. The van der Waals surface area contributed by atoms with Gasteiger partial charge in [0.15, 0.2) is 4.96 Å². The SMILES string of the molecule is CCN(C(=O)Cc1cn2ccsc2n1)C1C2CC3CC(C2)CC1C3. The topological polar surface area (TPSA) is 37.6 Å². The third kappa shape index (κ3) is 2.32. The standard InChI is InChI=1S/C19H25N3OS/c1-2-22(17(23)10-16-11-21-3-4-24-19(21)20-16)18-14-6-12-5-13(8-14)9-15(18)7-12/h3-4,11-15,18H,2,5-10H2,1H3. The predicted octanol–water partition coefficient (Wildman–Crippen LogP) is 3.61. The molecule has 4 aliphatic rings. The molecule has 24 heavy (non-hydrogen) atoms. The Balaban J connectivity index is 1.35. The highest BCUT2D eigenvalue weighted by Crippen LogP contribution is 2.55. The van der Waals surface area contributed by atoms with E-state index in [2.05, 4.69) is 16.8 Å². The van der Waals surface area contributed by atoms with Crippen LogP contribution in [0.25, 0.3) is 4.96 Å². The number of fused-ring (bicyclic) bond motifs is 1. The molecule has 4 bridgehead atoms. The highest BCUT2D eigenvalue weighted by molar-refractivity contribution is 7.15. The minimum Gasteiger partial charge on any atom is -0.339 e. The summed E-state index contributed by atoms with van der Waals surface area (Å²) in [5.41, 5.74) is 0.911. The molecule has 128 valence electrons. The van der Waals surface area contributed by atoms with Crippen LogP contribution in [0.1, 0.15) is 44.7 Å². The summed E-state index contributed by atoms with van der Waals surface area (Å²) in [6, 6.07) is 0.499. The Bertz CT molecular complexity index is 707. The normalized spacial score (nSPS) is 34.1. The molecule has 2 aromatic heterocycles. The second-order valence-electron chi connectivity index (χ2n) is 8.10. The number of imidazole rings is 1. The van der Waals surface area contributed by atoms with E-state index in [-0.39, 0.29) is 5.91 Å². The van der Waals surface area contributed by atoms with E-state index in [4.69, 9.17) is 0 Å². The van der Waals surface area contributed by atoms with Gasteiger partial charge in [-0.3, -0.25) is 9.20 Å². The Morgan fingerprint density at radius 2 is 1.96 bits per heavy atom. The molecule has 0 unspecified atom stereocenters. The number of hydrogen-bond acceptors (Lipinski definition) is 3. The van der Waals surface area contributed by atoms with Gasteiger partial charge < -0.3 is 4.90 Å². The van der Waals surface area contributed by atoms with Crippen LogP contribution >= 0.6 is 11.3 Å². The molecule has 6 rings (SSSR count). The Labute approximate surface area is 146 Å². The predicted molar refractivity (Wildman–Crippen MR) is 95.0 cm³/mol. The summed E-state index contributed by atoms with van der Waals surface area (Å²) in [7, 11) is 0. The maximum Gasteiger partial charge on any atom is 0.228 e. The lowest BCUT2D eigenvalue weighted by atomic mass is 9.54. The lowest BCUT2D eigenvalue weighted by molar-refractivity contribution is -0.142. The van der Waals surface area contributed by atoms with Crippen LogP contribution in [0.15, 0.2) is 17.8 Å². The molecule has 2 aromatic rings. The van der Waals surface area contributed by atoms with Crippen molar-refractivity contribution in [1.29, 1.82) is 0 Å². The first-order chi connectivity index (χ1) is 11.7. The average Bonchev–Trinajstić information content (AvgIpc) is 3.11. The lowest BCUT2D eigenvalue weighted by Gasteiger charge is -2.57. The number of amides is 1. The quantitative estimate of drug-likeness (QED) is 0.850. The van der Waals surface area contributed by atoms with Crippen molar-refractivity contribution in [3.05, 3.63) is 23.5 Å². The van der Waals surface area contributed by atoms with Gasteiger partial charge in [-0.1, -0.05) is 0 Å². The number of carbonyl (C=O) groups is 1. The third-order valence-corrected chi connectivity index (χ3v) is 7.44. The summed E-state index contributed by atoms with van der Waals surface area (Å²) in [6.07, 6.45) is 11.4. The Kier molecular flexibility index (Phi) is 3.47. The summed E-state index contributed by atoms with van der Waals surface area (Å²) in [5.74, 6) is 3.71. The van der Waals surface area contributed by atoms with Crippen LogP contribution in [0.4, 0.5) is 0 Å². The number of thiazole rings is 1. The number of carbonyl (C=O) groups excluding carboxylic acids is 1. The van der Waals surface area contributed by atoms with Gasteiger partial charge in [0.2, 0.25) is 5.91 Å². The van der Waals surface area contributed by atoms with Gasteiger partial charge in [0, 0.05) is 30.4 Å². The van der Waals surface area contributed by atoms with Gasteiger partial charge in [0.1, 0.15) is 0 Å². The highest BCUT2D eigenvalue weighted by Gasteiger charge is 2.50. The van der Waals surface area contributed by atoms with Crippen molar-refractivity contribution in [2.24, 2.45) is 23.7 Å². The van der Waals surface area contributed by atoms with Crippen LogP contribution in [0.2, 0.25) is 0 Å².